The van der Waals surface area contributed by atoms with Gasteiger partial charge in [0.05, 0.1) is 5.41 Å². The summed E-state index contributed by atoms with van der Waals surface area (Å²) in [5.74, 6) is -0.108. The highest BCUT2D eigenvalue weighted by molar-refractivity contribution is 5.96. The molecule has 1 atom stereocenters. The lowest BCUT2D eigenvalue weighted by Gasteiger charge is -2.37. The topological polar surface area (TPSA) is 62.6 Å². The van der Waals surface area contributed by atoms with Gasteiger partial charge in [-0.25, -0.2) is 0 Å². The van der Waals surface area contributed by atoms with Crippen molar-refractivity contribution in [3.63, 3.8) is 0 Å². The Hall–Kier alpha value is -2.11. The van der Waals surface area contributed by atoms with Crippen LogP contribution in [0.15, 0.2) is 10.9 Å². The van der Waals surface area contributed by atoms with E-state index >= 15 is 0 Å². The van der Waals surface area contributed by atoms with Gasteiger partial charge in [-0.3, -0.25) is 14.4 Å². The minimum atomic E-state index is -0.452. The van der Waals surface area contributed by atoms with Crippen molar-refractivity contribution in [2.75, 3.05) is 26.7 Å². The van der Waals surface area contributed by atoms with Crippen LogP contribution in [0.3, 0.4) is 0 Å². The molecule has 130 valence electrons. The van der Waals surface area contributed by atoms with Gasteiger partial charge in [-0.1, -0.05) is 0 Å². The molecule has 0 aliphatic carbocycles. The highest BCUT2D eigenvalue weighted by Crippen LogP contribution is 2.40. The van der Waals surface area contributed by atoms with E-state index in [1.165, 1.54) is 4.57 Å². The van der Waals surface area contributed by atoms with Crippen molar-refractivity contribution < 1.29 is 9.59 Å². The normalized spacial score (nSPS) is 24.1. The first kappa shape index (κ1) is 16.7. The van der Waals surface area contributed by atoms with Crippen molar-refractivity contribution in [1.29, 1.82) is 0 Å². The summed E-state index contributed by atoms with van der Waals surface area (Å²) in [5, 5.41) is 0. The number of hydrogen-bond donors (Lipinski definition) is 0. The summed E-state index contributed by atoms with van der Waals surface area (Å²) >= 11 is 0. The molecular weight excluding hydrogens is 306 g/mol. The predicted molar refractivity (Wildman–Crippen MR) is 91.0 cm³/mol. The van der Waals surface area contributed by atoms with Crippen molar-refractivity contribution in [3.05, 3.63) is 33.2 Å². The number of hydrogen-bond acceptors (Lipinski definition) is 3. The smallest absolute Gasteiger partial charge is 0.263 e. The lowest BCUT2D eigenvalue weighted by atomic mass is 9.78. The average molecular weight is 331 g/mol. The Bertz CT molecular complexity index is 768. The number of piperidine rings is 1. The van der Waals surface area contributed by atoms with E-state index in [0.29, 0.717) is 25.1 Å². The van der Waals surface area contributed by atoms with Crippen molar-refractivity contribution in [1.82, 2.24) is 14.4 Å². The number of rotatable bonds is 1. The molecule has 3 rings (SSSR count). The first-order valence-corrected chi connectivity index (χ1v) is 8.49. The summed E-state index contributed by atoms with van der Waals surface area (Å²) in [6, 6.07) is 1.86. The Balaban J connectivity index is 1.90. The van der Waals surface area contributed by atoms with E-state index in [0.717, 1.165) is 25.1 Å². The van der Waals surface area contributed by atoms with Gasteiger partial charge in [-0.15, -0.1) is 0 Å². The maximum Gasteiger partial charge on any atom is 0.263 e. The molecule has 1 spiro atoms. The molecule has 0 saturated carbocycles. The number of aryl methyl sites for hydroxylation is 2. The van der Waals surface area contributed by atoms with Gasteiger partial charge in [0.25, 0.3) is 11.5 Å². The molecule has 2 saturated heterocycles. The Kier molecular flexibility index (Phi) is 4.01. The van der Waals surface area contributed by atoms with Gasteiger partial charge in [-0.2, -0.15) is 0 Å². The van der Waals surface area contributed by atoms with E-state index in [1.807, 2.05) is 20.0 Å². The molecule has 1 aromatic heterocycles. The van der Waals surface area contributed by atoms with E-state index in [4.69, 9.17) is 0 Å². The van der Waals surface area contributed by atoms with E-state index < -0.39 is 5.41 Å². The van der Waals surface area contributed by atoms with Gasteiger partial charge in [0.15, 0.2) is 0 Å². The van der Waals surface area contributed by atoms with Crippen LogP contribution >= 0.6 is 0 Å². The highest BCUT2D eigenvalue weighted by atomic mass is 16.2. The average Bonchev–Trinajstić information content (AvgIpc) is 2.95. The van der Waals surface area contributed by atoms with E-state index in [1.54, 1.807) is 23.8 Å². The molecule has 1 unspecified atom stereocenters. The molecule has 1 aromatic rings. The van der Waals surface area contributed by atoms with Crippen molar-refractivity contribution in [2.24, 2.45) is 12.5 Å². The molecule has 2 fully saturated rings. The number of nitrogens with zero attached hydrogens (tertiary/aromatic N) is 3. The molecule has 6 heteroatoms. The zero-order chi connectivity index (χ0) is 17.6. The molecule has 6 nitrogen and oxygen atoms in total. The van der Waals surface area contributed by atoms with Crippen LogP contribution in [-0.4, -0.2) is 52.9 Å². The van der Waals surface area contributed by atoms with Crippen LogP contribution in [0, 0.1) is 19.3 Å². The fourth-order valence-electron chi connectivity index (χ4n) is 4.09. The molecule has 0 bridgehead atoms. The third kappa shape index (κ3) is 2.44. The zero-order valence-corrected chi connectivity index (χ0v) is 14.9. The number of carbonyl (C=O) groups is 2. The van der Waals surface area contributed by atoms with E-state index in [2.05, 4.69) is 0 Å². The monoisotopic (exact) mass is 331 g/mol. The van der Waals surface area contributed by atoms with Crippen molar-refractivity contribution >= 4 is 11.8 Å². The molecule has 3 heterocycles. The van der Waals surface area contributed by atoms with Gasteiger partial charge in [0.1, 0.15) is 5.56 Å². The molecule has 2 aliphatic rings. The van der Waals surface area contributed by atoms with Gasteiger partial charge in [0.2, 0.25) is 5.91 Å². The minimum Gasteiger partial charge on any atom is -0.345 e. The van der Waals surface area contributed by atoms with E-state index in [9.17, 15) is 14.4 Å². The minimum absolute atomic E-state index is 0.137. The van der Waals surface area contributed by atoms with Crippen molar-refractivity contribution in [2.45, 2.75) is 33.1 Å². The largest absolute Gasteiger partial charge is 0.345 e. The first-order chi connectivity index (χ1) is 11.3. The molecule has 2 aliphatic heterocycles. The standard InChI is InChI=1S/C18H25N3O3/c1-12-10-13(2)20(4)15(22)14(12)16(23)21-9-7-18(11-21)6-5-8-19(3)17(18)24/h10H,5-9,11H2,1-4H3. The van der Waals surface area contributed by atoms with Crippen LogP contribution in [0.25, 0.3) is 0 Å². The summed E-state index contributed by atoms with van der Waals surface area (Å²) in [6.07, 6.45) is 2.48. The SMILES string of the molecule is Cc1cc(C)n(C)c(=O)c1C(=O)N1CCC2(CCCN(C)C2=O)C1. The second kappa shape index (κ2) is 5.76. The first-order valence-electron chi connectivity index (χ1n) is 8.49. The maximum absolute atomic E-state index is 13.0. The van der Waals surface area contributed by atoms with Crippen LogP contribution < -0.4 is 5.56 Å². The molecule has 0 aromatic carbocycles. The molecular formula is C18H25N3O3. The molecule has 0 N–H and O–H groups in total. The maximum atomic E-state index is 13.0. The second-order valence-electron chi connectivity index (χ2n) is 7.30. The highest BCUT2D eigenvalue weighted by Gasteiger charge is 2.49. The van der Waals surface area contributed by atoms with Gasteiger partial charge in [-0.05, 0) is 44.7 Å². The van der Waals surface area contributed by atoms with Crippen LogP contribution in [-0.2, 0) is 11.8 Å². The van der Waals surface area contributed by atoms with Crippen molar-refractivity contribution in [3.8, 4) is 0 Å². The molecule has 24 heavy (non-hydrogen) atoms. The van der Waals surface area contributed by atoms with Gasteiger partial charge >= 0.3 is 0 Å². The summed E-state index contributed by atoms with van der Waals surface area (Å²) < 4.78 is 1.51. The zero-order valence-electron chi connectivity index (χ0n) is 14.9. The fourth-order valence-corrected chi connectivity index (χ4v) is 4.09. The Morgan fingerprint density at radius 1 is 1.12 bits per heavy atom. The number of aromatic nitrogens is 1. The number of pyridine rings is 1. The summed E-state index contributed by atoms with van der Waals surface area (Å²) in [6.45, 7) is 5.39. The number of carbonyl (C=O) groups excluding carboxylic acids is 2. The number of amides is 2. The van der Waals surface area contributed by atoms with E-state index in [-0.39, 0.29) is 22.9 Å². The van der Waals surface area contributed by atoms with Crippen LogP contribution in [0.1, 0.15) is 40.9 Å². The Labute approximate surface area is 142 Å². The Morgan fingerprint density at radius 3 is 2.54 bits per heavy atom. The predicted octanol–water partition coefficient (Wildman–Crippen LogP) is 1.09. The number of likely N-dealkylation sites (tertiary alicyclic amines) is 2. The third-order valence-electron chi connectivity index (χ3n) is 5.67. The van der Waals surface area contributed by atoms with Crippen LogP contribution in [0.2, 0.25) is 0 Å². The summed E-state index contributed by atoms with van der Waals surface area (Å²) in [5.41, 5.74) is 1.05. The summed E-state index contributed by atoms with van der Waals surface area (Å²) in [7, 11) is 3.51. The summed E-state index contributed by atoms with van der Waals surface area (Å²) in [4.78, 5) is 41.6. The van der Waals surface area contributed by atoms with Gasteiger partial charge in [0, 0.05) is 39.4 Å². The fraction of sp³-hybridized carbons (Fsp3) is 0.611. The quantitative estimate of drug-likeness (QED) is 0.774. The lowest BCUT2D eigenvalue weighted by molar-refractivity contribution is -0.143. The Morgan fingerprint density at radius 2 is 1.83 bits per heavy atom. The van der Waals surface area contributed by atoms with Crippen LogP contribution in [0.4, 0.5) is 0 Å². The third-order valence-corrected chi connectivity index (χ3v) is 5.67. The van der Waals surface area contributed by atoms with Crippen LogP contribution in [0.5, 0.6) is 0 Å². The second-order valence-corrected chi connectivity index (χ2v) is 7.30. The molecule has 0 radical (unpaired) electrons. The lowest BCUT2D eigenvalue weighted by Crippen LogP contribution is -2.49. The molecule has 2 amide bonds. The van der Waals surface area contributed by atoms with Gasteiger partial charge < -0.3 is 14.4 Å².